The zero-order valence-electron chi connectivity index (χ0n) is 11.8. The number of ether oxygens (including phenoxy) is 1. The lowest BCUT2D eigenvalue weighted by Gasteiger charge is -2.32. The molecule has 1 aromatic carbocycles. The number of fused-ring (bicyclic) bond motifs is 1. The number of benzene rings is 1. The summed E-state index contributed by atoms with van der Waals surface area (Å²) in [5, 5.41) is 0. The first-order chi connectivity index (χ1) is 10.1. The molecule has 2 aliphatic heterocycles. The molecule has 1 aromatic rings. The van der Waals surface area contributed by atoms with Crippen molar-refractivity contribution in [2.24, 2.45) is 5.92 Å². The highest BCUT2D eigenvalue weighted by molar-refractivity contribution is 9.10. The van der Waals surface area contributed by atoms with Crippen LogP contribution >= 0.6 is 15.9 Å². The SMILES string of the molecule is O=C(OC[C@H]1CCN2C(=O)CCC[C@@H]12)c1ccc(Br)cc1. The maximum absolute atomic E-state index is 12.0. The molecular formula is C16H18BrNO3. The molecule has 112 valence electrons. The van der Waals surface area contributed by atoms with Crippen molar-refractivity contribution in [3.63, 3.8) is 0 Å². The first-order valence-corrected chi connectivity index (χ1v) is 8.16. The van der Waals surface area contributed by atoms with Gasteiger partial charge in [0.25, 0.3) is 0 Å². The molecule has 0 aliphatic carbocycles. The van der Waals surface area contributed by atoms with E-state index >= 15 is 0 Å². The van der Waals surface area contributed by atoms with Crippen LogP contribution in [0.3, 0.4) is 0 Å². The summed E-state index contributed by atoms with van der Waals surface area (Å²) < 4.78 is 6.38. The molecule has 1 amide bonds. The fourth-order valence-electron chi connectivity index (χ4n) is 3.27. The van der Waals surface area contributed by atoms with Gasteiger partial charge in [0.2, 0.25) is 5.91 Å². The normalized spacial score (nSPS) is 24.8. The molecule has 0 bridgehead atoms. The van der Waals surface area contributed by atoms with E-state index < -0.39 is 0 Å². The van der Waals surface area contributed by atoms with Gasteiger partial charge in [0, 0.05) is 29.4 Å². The number of piperidine rings is 1. The molecule has 0 aromatic heterocycles. The average Bonchev–Trinajstić information content (AvgIpc) is 2.90. The third kappa shape index (κ3) is 3.12. The summed E-state index contributed by atoms with van der Waals surface area (Å²) in [7, 11) is 0. The van der Waals surface area contributed by atoms with E-state index in [-0.39, 0.29) is 23.8 Å². The van der Waals surface area contributed by atoms with Crippen molar-refractivity contribution in [1.82, 2.24) is 4.90 Å². The van der Waals surface area contributed by atoms with Gasteiger partial charge in [-0.25, -0.2) is 4.79 Å². The number of amides is 1. The first kappa shape index (κ1) is 14.6. The standard InChI is InChI=1S/C16H18BrNO3/c17-13-6-4-11(5-7-13)16(20)21-10-12-8-9-18-14(12)2-1-3-15(18)19/h4-7,12,14H,1-3,8-10H2/t12-,14+/m1/s1. The number of hydrogen-bond donors (Lipinski definition) is 0. The Hall–Kier alpha value is -1.36. The number of hydrogen-bond acceptors (Lipinski definition) is 3. The van der Waals surface area contributed by atoms with Crippen LogP contribution in [0.5, 0.6) is 0 Å². The average molecular weight is 352 g/mol. The summed E-state index contributed by atoms with van der Waals surface area (Å²) in [5.41, 5.74) is 0.563. The van der Waals surface area contributed by atoms with Gasteiger partial charge in [0.1, 0.15) is 0 Å². The van der Waals surface area contributed by atoms with E-state index in [1.807, 2.05) is 17.0 Å². The monoisotopic (exact) mass is 351 g/mol. The Balaban J connectivity index is 1.57. The smallest absolute Gasteiger partial charge is 0.338 e. The van der Waals surface area contributed by atoms with E-state index in [1.54, 1.807) is 12.1 Å². The highest BCUT2D eigenvalue weighted by atomic mass is 79.9. The van der Waals surface area contributed by atoms with E-state index in [1.165, 1.54) is 0 Å². The maximum Gasteiger partial charge on any atom is 0.338 e. The molecule has 2 saturated heterocycles. The van der Waals surface area contributed by atoms with E-state index in [2.05, 4.69) is 15.9 Å². The molecule has 3 rings (SSSR count). The molecule has 0 spiro atoms. The van der Waals surface area contributed by atoms with Gasteiger partial charge in [-0.3, -0.25) is 4.79 Å². The molecule has 2 heterocycles. The third-order valence-corrected chi connectivity index (χ3v) is 4.93. The van der Waals surface area contributed by atoms with Crippen molar-refractivity contribution in [1.29, 1.82) is 0 Å². The molecule has 2 aliphatic rings. The van der Waals surface area contributed by atoms with Gasteiger partial charge in [0.15, 0.2) is 0 Å². The molecule has 4 nitrogen and oxygen atoms in total. The lowest BCUT2D eigenvalue weighted by atomic mass is 9.94. The van der Waals surface area contributed by atoms with E-state index in [4.69, 9.17) is 4.74 Å². The van der Waals surface area contributed by atoms with Crippen molar-refractivity contribution >= 4 is 27.8 Å². The summed E-state index contributed by atoms with van der Waals surface area (Å²) in [6.07, 6.45) is 3.59. The number of halogens is 1. The zero-order chi connectivity index (χ0) is 14.8. The molecule has 0 N–H and O–H groups in total. The van der Waals surface area contributed by atoms with Crippen LogP contribution in [0.4, 0.5) is 0 Å². The Morgan fingerprint density at radius 1 is 1.29 bits per heavy atom. The molecular weight excluding hydrogens is 334 g/mol. The van der Waals surface area contributed by atoms with Gasteiger partial charge >= 0.3 is 5.97 Å². The fraction of sp³-hybridized carbons (Fsp3) is 0.500. The van der Waals surface area contributed by atoms with Crippen molar-refractivity contribution in [2.45, 2.75) is 31.7 Å². The van der Waals surface area contributed by atoms with Crippen LogP contribution in [0.1, 0.15) is 36.0 Å². The number of carbonyl (C=O) groups excluding carboxylic acids is 2. The largest absolute Gasteiger partial charge is 0.462 e. The van der Waals surface area contributed by atoms with E-state index in [9.17, 15) is 9.59 Å². The second-order valence-corrected chi connectivity index (χ2v) is 6.62. The van der Waals surface area contributed by atoms with Crippen LogP contribution in [-0.4, -0.2) is 36.0 Å². The lowest BCUT2D eigenvalue weighted by molar-refractivity contribution is -0.135. The Kier molecular flexibility index (Phi) is 4.29. The highest BCUT2D eigenvalue weighted by Gasteiger charge is 2.39. The molecule has 2 atom stereocenters. The summed E-state index contributed by atoms with van der Waals surface area (Å²) in [4.78, 5) is 25.8. The fourth-order valence-corrected chi connectivity index (χ4v) is 3.54. The number of esters is 1. The Morgan fingerprint density at radius 3 is 2.81 bits per heavy atom. The predicted molar refractivity (Wildman–Crippen MR) is 81.9 cm³/mol. The summed E-state index contributed by atoms with van der Waals surface area (Å²) >= 11 is 3.34. The van der Waals surface area contributed by atoms with Crippen LogP contribution in [0.2, 0.25) is 0 Å². The highest BCUT2D eigenvalue weighted by Crippen LogP contribution is 2.32. The summed E-state index contributed by atoms with van der Waals surface area (Å²) in [5.74, 6) is 0.254. The van der Waals surface area contributed by atoms with Crippen molar-refractivity contribution in [3.05, 3.63) is 34.3 Å². The second-order valence-electron chi connectivity index (χ2n) is 5.70. The Bertz CT molecular complexity index is 543. The minimum Gasteiger partial charge on any atom is -0.462 e. The first-order valence-electron chi connectivity index (χ1n) is 7.37. The van der Waals surface area contributed by atoms with Crippen molar-refractivity contribution < 1.29 is 14.3 Å². The molecule has 5 heteroatoms. The van der Waals surface area contributed by atoms with E-state index in [0.717, 1.165) is 30.3 Å². The summed E-state index contributed by atoms with van der Waals surface area (Å²) in [6.45, 7) is 1.22. The third-order valence-electron chi connectivity index (χ3n) is 4.40. The van der Waals surface area contributed by atoms with Crippen LogP contribution < -0.4 is 0 Å². The van der Waals surface area contributed by atoms with Crippen LogP contribution in [0, 0.1) is 5.92 Å². The maximum atomic E-state index is 12.0. The number of carbonyl (C=O) groups is 2. The number of rotatable bonds is 3. The van der Waals surface area contributed by atoms with E-state index in [0.29, 0.717) is 18.6 Å². The lowest BCUT2D eigenvalue weighted by Crippen LogP contribution is -2.42. The van der Waals surface area contributed by atoms with Gasteiger partial charge in [0.05, 0.1) is 12.2 Å². The quantitative estimate of drug-likeness (QED) is 0.786. The Morgan fingerprint density at radius 2 is 2.05 bits per heavy atom. The van der Waals surface area contributed by atoms with Crippen molar-refractivity contribution in [3.8, 4) is 0 Å². The van der Waals surface area contributed by atoms with Gasteiger partial charge in [-0.1, -0.05) is 15.9 Å². The zero-order valence-corrected chi connectivity index (χ0v) is 13.3. The van der Waals surface area contributed by atoms with Gasteiger partial charge in [-0.15, -0.1) is 0 Å². The molecule has 21 heavy (non-hydrogen) atoms. The summed E-state index contributed by atoms with van der Waals surface area (Å²) in [6, 6.07) is 7.42. The topological polar surface area (TPSA) is 46.6 Å². The minimum absolute atomic E-state index is 0.257. The van der Waals surface area contributed by atoms with Crippen LogP contribution in [0.25, 0.3) is 0 Å². The number of nitrogens with zero attached hydrogens (tertiary/aromatic N) is 1. The van der Waals surface area contributed by atoms with Gasteiger partial charge in [-0.2, -0.15) is 0 Å². The molecule has 2 fully saturated rings. The molecule has 0 unspecified atom stereocenters. The minimum atomic E-state index is -0.289. The molecule has 0 radical (unpaired) electrons. The second kappa shape index (κ2) is 6.18. The predicted octanol–water partition coefficient (Wildman–Crippen LogP) is 3.01. The van der Waals surface area contributed by atoms with Crippen LogP contribution in [-0.2, 0) is 9.53 Å². The van der Waals surface area contributed by atoms with Gasteiger partial charge < -0.3 is 9.64 Å². The van der Waals surface area contributed by atoms with Crippen LogP contribution in [0.15, 0.2) is 28.7 Å². The molecule has 0 saturated carbocycles. The van der Waals surface area contributed by atoms with Gasteiger partial charge in [-0.05, 0) is 43.5 Å². The Labute approximate surface area is 132 Å². The van der Waals surface area contributed by atoms with Crippen molar-refractivity contribution in [2.75, 3.05) is 13.2 Å².